The van der Waals surface area contributed by atoms with Gasteiger partial charge in [0.1, 0.15) is 5.82 Å². The fourth-order valence-corrected chi connectivity index (χ4v) is 3.93. The van der Waals surface area contributed by atoms with Gasteiger partial charge in [-0.3, -0.25) is 8.98 Å². The molecule has 2 aromatic carbocycles. The lowest BCUT2D eigenvalue weighted by Crippen LogP contribution is -2.31. The Kier molecular flexibility index (Phi) is 8.57. The van der Waals surface area contributed by atoms with Crippen LogP contribution in [0.5, 0.6) is 17.2 Å². The minimum atomic E-state index is -3.70. The number of rotatable bonds is 12. The van der Waals surface area contributed by atoms with Crippen molar-refractivity contribution >= 4 is 21.6 Å². The molecule has 10 heteroatoms. The maximum Gasteiger partial charge on any atom is 0.264 e. The molecule has 0 spiro atoms. The summed E-state index contributed by atoms with van der Waals surface area (Å²) in [4.78, 5) is 13.1. The molecular weight excluding hydrogens is 453 g/mol. The number of nitrogens with one attached hydrogen (secondary N) is 1. The molecule has 0 radical (unpaired) electrons. The summed E-state index contributed by atoms with van der Waals surface area (Å²) in [5, 5.41) is 8.48. The van der Waals surface area contributed by atoms with Crippen molar-refractivity contribution in [2.75, 3.05) is 34.2 Å². The maximum absolute atomic E-state index is 14.6. The molecule has 8 nitrogen and oxygen atoms in total. The number of carbonyl (C=O) groups is 1. The normalized spacial score (nSPS) is 13.2. The quantitative estimate of drug-likeness (QED) is 0.279. The molecule has 0 aliphatic rings. The smallest absolute Gasteiger partial charge is 0.264 e. The van der Waals surface area contributed by atoms with Gasteiger partial charge >= 0.3 is 0 Å². The highest BCUT2D eigenvalue weighted by Crippen LogP contribution is 2.39. The van der Waals surface area contributed by atoms with Crippen LogP contribution in [0, 0.1) is 11.2 Å². The maximum atomic E-state index is 14.6. The zero-order chi connectivity index (χ0) is 24.8. The summed E-state index contributed by atoms with van der Waals surface area (Å²) in [5.74, 6) is -0.316. The highest BCUT2D eigenvalue weighted by molar-refractivity contribution is 7.85. The average Bonchev–Trinajstić information content (AvgIpc) is 2.76. The van der Waals surface area contributed by atoms with E-state index in [0.717, 1.165) is 6.26 Å². The number of Topliss-reactive ketones (excluding diaryl/α,β-unsaturated/α-hetero) is 1. The summed E-state index contributed by atoms with van der Waals surface area (Å²) in [6, 6.07) is 8.86. The largest absolute Gasteiger partial charge is 0.493 e. The fraction of sp³-hybridized carbons (Fsp3) is 0.391. The minimum absolute atomic E-state index is 0.0614. The number of methoxy groups -OCH3 is 3. The van der Waals surface area contributed by atoms with Crippen LogP contribution in [0.15, 0.2) is 36.4 Å². The molecule has 180 valence electrons. The van der Waals surface area contributed by atoms with Crippen LogP contribution in [-0.4, -0.2) is 54.1 Å². The number of halogens is 1. The van der Waals surface area contributed by atoms with Gasteiger partial charge in [0.2, 0.25) is 11.5 Å². The summed E-state index contributed by atoms with van der Waals surface area (Å²) < 4.78 is 58.0. The Hall–Kier alpha value is -2.98. The summed E-state index contributed by atoms with van der Waals surface area (Å²) in [6.45, 7) is 1.43. The highest BCUT2D eigenvalue weighted by Gasteiger charge is 2.33. The van der Waals surface area contributed by atoms with Crippen LogP contribution < -0.4 is 14.2 Å². The highest BCUT2D eigenvalue weighted by atomic mass is 32.2. The van der Waals surface area contributed by atoms with Crippen molar-refractivity contribution < 1.29 is 36.0 Å². The molecule has 0 aliphatic carbocycles. The van der Waals surface area contributed by atoms with Crippen LogP contribution in [0.1, 0.15) is 35.7 Å². The number of ketones is 1. The Morgan fingerprint density at radius 3 is 2.12 bits per heavy atom. The molecule has 33 heavy (non-hydrogen) atoms. The molecule has 2 aromatic rings. The van der Waals surface area contributed by atoms with Crippen molar-refractivity contribution in [1.29, 1.82) is 5.41 Å². The van der Waals surface area contributed by atoms with Crippen LogP contribution in [-0.2, 0) is 19.7 Å². The van der Waals surface area contributed by atoms with E-state index in [1.165, 1.54) is 45.6 Å². The first kappa shape index (κ1) is 26.3. The zero-order valence-electron chi connectivity index (χ0n) is 19.2. The van der Waals surface area contributed by atoms with E-state index in [4.69, 9.17) is 23.8 Å². The first-order chi connectivity index (χ1) is 15.5. The minimum Gasteiger partial charge on any atom is -0.493 e. The van der Waals surface area contributed by atoms with Crippen LogP contribution in [0.3, 0.4) is 0 Å². The first-order valence-corrected chi connectivity index (χ1v) is 11.8. The van der Waals surface area contributed by atoms with E-state index in [9.17, 15) is 17.6 Å². The number of ether oxygens (including phenoxy) is 3. The second-order valence-electron chi connectivity index (χ2n) is 7.72. The van der Waals surface area contributed by atoms with Gasteiger partial charge < -0.3 is 19.6 Å². The molecule has 0 saturated carbocycles. The number of hydrogen-bond acceptors (Lipinski definition) is 8. The van der Waals surface area contributed by atoms with Crippen molar-refractivity contribution in [3.05, 3.63) is 53.3 Å². The molecule has 1 N–H and O–H groups in total. The van der Waals surface area contributed by atoms with Crippen LogP contribution in [0.4, 0.5) is 4.39 Å². The predicted octanol–water partition coefficient (Wildman–Crippen LogP) is 3.77. The van der Waals surface area contributed by atoms with E-state index in [1.807, 2.05) is 0 Å². The van der Waals surface area contributed by atoms with Crippen LogP contribution in [0.25, 0.3) is 0 Å². The fourth-order valence-electron chi connectivity index (χ4n) is 3.54. The summed E-state index contributed by atoms with van der Waals surface area (Å²) in [5.41, 5.74) is -0.986. The SMILES string of the molecule is COc1cc(C(=O)C(=N)CC(C)(CCOS(C)(=O)=O)c2ccccc2F)cc(OC)c1OC. The van der Waals surface area contributed by atoms with E-state index in [-0.39, 0.29) is 47.8 Å². The second kappa shape index (κ2) is 10.8. The Morgan fingerprint density at radius 1 is 1.06 bits per heavy atom. The Bertz CT molecular complexity index is 1110. The van der Waals surface area contributed by atoms with Gasteiger partial charge in [0.05, 0.1) is 39.9 Å². The van der Waals surface area contributed by atoms with Crippen molar-refractivity contribution in [2.45, 2.75) is 25.2 Å². The molecule has 0 saturated heterocycles. The molecule has 0 amide bonds. The van der Waals surface area contributed by atoms with Gasteiger partial charge in [-0.25, -0.2) is 4.39 Å². The Balaban J connectivity index is 2.39. The molecular formula is C23H28FNO7S. The topological polar surface area (TPSA) is 112 Å². The van der Waals surface area contributed by atoms with E-state index in [1.54, 1.807) is 19.1 Å². The molecule has 0 aliphatic heterocycles. The van der Waals surface area contributed by atoms with Crippen molar-refractivity contribution in [3.8, 4) is 17.2 Å². The van der Waals surface area contributed by atoms with Crippen molar-refractivity contribution in [1.82, 2.24) is 0 Å². The summed E-state index contributed by atoms with van der Waals surface area (Å²) >= 11 is 0. The van der Waals surface area contributed by atoms with E-state index < -0.39 is 27.1 Å². The van der Waals surface area contributed by atoms with Gasteiger partial charge in [0.15, 0.2) is 11.5 Å². The van der Waals surface area contributed by atoms with E-state index in [2.05, 4.69) is 0 Å². The number of hydrogen-bond donors (Lipinski definition) is 1. The lowest BCUT2D eigenvalue weighted by Gasteiger charge is -2.30. The molecule has 1 unspecified atom stereocenters. The summed E-state index contributed by atoms with van der Waals surface area (Å²) in [7, 11) is 0.551. The molecule has 0 heterocycles. The molecule has 0 fully saturated rings. The van der Waals surface area contributed by atoms with Gasteiger partial charge in [0, 0.05) is 17.4 Å². The standard InChI is InChI=1S/C23H28FNO7S/c1-23(10-11-32-33(5,27)28,16-8-6-7-9-17(16)24)14-18(25)21(26)15-12-19(29-2)22(31-4)20(13-15)30-3/h6-9,12-13,25H,10-11,14H2,1-5H3. The number of carbonyl (C=O) groups excluding carboxylic acids is 1. The summed E-state index contributed by atoms with van der Waals surface area (Å²) in [6.07, 6.45) is 0.825. The van der Waals surface area contributed by atoms with Gasteiger partial charge in [0.25, 0.3) is 10.1 Å². The van der Waals surface area contributed by atoms with Gasteiger partial charge in [-0.2, -0.15) is 8.42 Å². The van der Waals surface area contributed by atoms with Crippen molar-refractivity contribution in [2.24, 2.45) is 0 Å². The Labute approximate surface area is 193 Å². The van der Waals surface area contributed by atoms with Crippen LogP contribution >= 0.6 is 0 Å². The molecule has 2 rings (SSSR count). The lowest BCUT2D eigenvalue weighted by molar-refractivity contribution is 0.105. The zero-order valence-corrected chi connectivity index (χ0v) is 20.0. The van der Waals surface area contributed by atoms with E-state index >= 15 is 0 Å². The third-order valence-electron chi connectivity index (χ3n) is 5.24. The third-order valence-corrected chi connectivity index (χ3v) is 5.84. The van der Waals surface area contributed by atoms with Gasteiger partial charge in [-0.05, 0) is 30.2 Å². The van der Waals surface area contributed by atoms with Crippen LogP contribution in [0.2, 0.25) is 0 Å². The molecule has 0 bridgehead atoms. The first-order valence-electron chi connectivity index (χ1n) is 9.97. The number of benzene rings is 2. The second-order valence-corrected chi connectivity index (χ2v) is 9.36. The molecule has 1 atom stereocenters. The van der Waals surface area contributed by atoms with Crippen molar-refractivity contribution in [3.63, 3.8) is 0 Å². The predicted molar refractivity (Wildman–Crippen MR) is 122 cm³/mol. The van der Waals surface area contributed by atoms with Gasteiger partial charge in [-0.1, -0.05) is 25.1 Å². The average molecular weight is 482 g/mol. The Morgan fingerprint density at radius 2 is 1.64 bits per heavy atom. The third kappa shape index (κ3) is 6.52. The monoisotopic (exact) mass is 481 g/mol. The lowest BCUT2D eigenvalue weighted by atomic mass is 9.74. The van der Waals surface area contributed by atoms with E-state index in [0.29, 0.717) is 5.75 Å². The van der Waals surface area contributed by atoms with Gasteiger partial charge in [-0.15, -0.1) is 0 Å². The molecule has 0 aromatic heterocycles.